The molecule has 2 aromatic rings. The number of carbonyl (C=O) groups is 2. The number of hydrogen-bond donors (Lipinski definition) is 0. The lowest BCUT2D eigenvalue weighted by Crippen LogP contribution is -2.37. The summed E-state index contributed by atoms with van der Waals surface area (Å²) in [4.78, 5) is 34.0. The molecule has 1 aliphatic rings. The van der Waals surface area contributed by atoms with Crippen LogP contribution in [-0.4, -0.2) is 74.2 Å². The van der Waals surface area contributed by atoms with Gasteiger partial charge in [0.2, 0.25) is 0 Å². The lowest BCUT2D eigenvalue weighted by molar-refractivity contribution is -0.138. The summed E-state index contributed by atoms with van der Waals surface area (Å²) < 4.78 is 15.9. The summed E-state index contributed by atoms with van der Waals surface area (Å²) >= 11 is 0. The number of carbonyl (C=O) groups excluding carboxylic acids is 2. The number of likely N-dealkylation sites (N-methyl/N-ethyl adjacent to an activating group) is 1. The van der Waals surface area contributed by atoms with Crippen molar-refractivity contribution in [2.75, 3.05) is 47.6 Å². The van der Waals surface area contributed by atoms with E-state index in [0.29, 0.717) is 41.4 Å². The second-order valence-corrected chi connectivity index (χ2v) is 7.23. The Labute approximate surface area is 188 Å². The molecular formula is C24H29N3O5. The molecule has 1 aromatic carbocycles. The number of pyridine rings is 1. The molecule has 0 spiro atoms. The van der Waals surface area contributed by atoms with Crippen molar-refractivity contribution in [3.05, 3.63) is 59.5 Å². The predicted molar refractivity (Wildman–Crippen MR) is 120 cm³/mol. The van der Waals surface area contributed by atoms with Crippen LogP contribution in [0.1, 0.15) is 18.1 Å². The van der Waals surface area contributed by atoms with Gasteiger partial charge in [-0.1, -0.05) is 6.07 Å². The molecule has 1 aromatic heterocycles. The second kappa shape index (κ2) is 10.8. The highest BCUT2D eigenvalue weighted by molar-refractivity contribution is 6.35. The van der Waals surface area contributed by atoms with Gasteiger partial charge in [-0.15, -0.1) is 0 Å². The molecule has 0 saturated heterocycles. The highest BCUT2D eigenvalue weighted by Crippen LogP contribution is 2.36. The van der Waals surface area contributed by atoms with Crippen molar-refractivity contribution < 1.29 is 23.8 Å². The average molecular weight is 440 g/mol. The first-order chi connectivity index (χ1) is 15.5. The topological polar surface area (TPSA) is 81.2 Å². The van der Waals surface area contributed by atoms with Gasteiger partial charge in [-0.25, -0.2) is 0 Å². The van der Waals surface area contributed by atoms with Crippen LogP contribution in [0.15, 0.2) is 48.4 Å². The van der Waals surface area contributed by atoms with E-state index in [-0.39, 0.29) is 25.0 Å². The fraction of sp³-hybridized carbons (Fsp3) is 0.375. The molecule has 170 valence electrons. The lowest BCUT2D eigenvalue weighted by atomic mass is 10.0. The summed E-state index contributed by atoms with van der Waals surface area (Å²) in [6.45, 7) is 3.60. The number of amides is 2. The third kappa shape index (κ3) is 4.75. The van der Waals surface area contributed by atoms with Gasteiger partial charge in [-0.2, -0.15) is 0 Å². The van der Waals surface area contributed by atoms with Crippen LogP contribution in [0.5, 0.6) is 11.5 Å². The van der Waals surface area contributed by atoms with Gasteiger partial charge in [0.1, 0.15) is 5.70 Å². The van der Waals surface area contributed by atoms with E-state index in [0.717, 1.165) is 12.0 Å². The smallest absolute Gasteiger partial charge is 0.277 e. The van der Waals surface area contributed by atoms with Crippen LogP contribution >= 0.6 is 0 Å². The van der Waals surface area contributed by atoms with Gasteiger partial charge in [0.05, 0.1) is 32.9 Å². The van der Waals surface area contributed by atoms with E-state index in [9.17, 15) is 9.59 Å². The normalized spacial score (nSPS) is 13.7. The van der Waals surface area contributed by atoms with Crippen LogP contribution in [-0.2, 0) is 20.7 Å². The highest BCUT2D eigenvalue weighted by Gasteiger charge is 2.41. The number of imide groups is 1. The van der Waals surface area contributed by atoms with Crippen LogP contribution in [0.25, 0.3) is 5.57 Å². The molecule has 0 aliphatic carbocycles. The van der Waals surface area contributed by atoms with E-state index in [1.807, 2.05) is 24.0 Å². The van der Waals surface area contributed by atoms with Crippen LogP contribution in [0, 0.1) is 0 Å². The van der Waals surface area contributed by atoms with Crippen LogP contribution in [0.4, 0.5) is 0 Å². The van der Waals surface area contributed by atoms with Crippen molar-refractivity contribution in [3.8, 4) is 11.5 Å². The summed E-state index contributed by atoms with van der Waals surface area (Å²) in [5, 5.41) is 0. The Morgan fingerprint density at radius 1 is 0.969 bits per heavy atom. The Kier molecular flexibility index (Phi) is 7.83. The van der Waals surface area contributed by atoms with Gasteiger partial charge in [-0.3, -0.25) is 19.5 Å². The van der Waals surface area contributed by atoms with Crippen molar-refractivity contribution in [3.63, 3.8) is 0 Å². The summed E-state index contributed by atoms with van der Waals surface area (Å²) in [7, 11) is 4.63. The van der Waals surface area contributed by atoms with Gasteiger partial charge < -0.3 is 19.1 Å². The zero-order valence-corrected chi connectivity index (χ0v) is 19.0. The average Bonchev–Trinajstić information content (AvgIpc) is 3.07. The molecule has 0 radical (unpaired) electrons. The quantitative estimate of drug-likeness (QED) is 0.497. The van der Waals surface area contributed by atoms with Crippen LogP contribution in [0.2, 0.25) is 0 Å². The van der Waals surface area contributed by atoms with Crippen molar-refractivity contribution in [2.24, 2.45) is 0 Å². The molecule has 2 amide bonds. The fourth-order valence-electron chi connectivity index (χ4n) is 3.74. The Morgan fingerprint density at radius 3 is 2.31 bits per heavy atom. The van der Waals surface area contributed by atoms with Crippen molar-refractivity contribution >= 4 is 17.4 Å². The van der Waals surface area contributed by atoms with Crippen molar-refractivity contribution in [1.29, 1.82) is 0 Å². The predicted octanol–water partition coefficient (Wildman–Crippen LogP) is 2.39. The molecule has 0 bridgehead atoms. The van der Waals surface area contributed by atoms with Gasteiger partial charge in [0.15, 0.2) is 11.5 Å². The molecule has 8 nitrogen and oxygen atoms in total. The van der Waals surface area contributed by atoms with E-state index >= 15 is 0 Å². The Bertz CT molecular complexity index is 990. The number of nitrogens with zero attached hydrogens (tertiary/aromatic N) is 3. The first kappa shape index (κ1) is 23.3. The number of ether oxygens (including phenoxy) is 3. The maximum atomic E-state index is 13.4. The third-order valence-electron chi connectivity index (χ3n) is 5.45. The Balaban J connectivity index is 2.03. The van der Waals surface area contributed by atoms with Gasteiger partial charge in [-0.05, 0) is 48.7 Å². The maximum absolute atomic E-state index is 13.4. The number of methoxy groups -OCH3 is 3. The van der Waals surface area contributed by atoms with Crippen molar-refractivity contribution in [1.82, 2.24) is 14.8 Å². The van der Waals surface area contributed by atoms with Crippen molar-refractivity contribution in [2.45, 2.75) is 13.3 Å². The summed E-state index contributed by atoms with van der Waals surface area (Å²) in [5.41, 5.74) is 2.48. The van der Waals surface area contributed by atoms with E-state index < -0.39 is 0 Å². The highest BCUT2D eigenvalue weighted by atomic mass is 16.5. The minimum Gasteiger partial charge on any atom is -0.493 e. The van der Waals surface area contributed by atoms with E-state index in [1.54, 1.807) is 44.8 Å². The maximum Gasteiger partial charge on any atom is 0.277 e. The fourth-order valence-corrected chi connectivity index (χ4v) is 3.74. The van der Waals surface area contributed by atoms with Gasteiger partial charge >= 0.3 is 0 Å². The molecule has 0 fully saturated rings. The molecule has 0 saturated carbocycles. The third-order valence-corrected chi connectivity index (χ3v) is 5.45. The largest absolute Gasteiger partial charge is 0.493 e. The molecule has 0 atom stereocenters. The number of rotatable bonds is 11. The van der Waals surface area contributed by atoms with Crippen LogP contribution < -0.4 is 9.47 Å². The molecular weight excluding hydrogens is 410 g/mol. The van der Waals surface area contributed by atoms with E-state index in [4.69, 9.17) is 14.2 Å². The Morgan fingerprint density at radius 2 is 1.69 bits per heavy atom. The number of hydrogen-bond acceptors (Lipinski definition) is 7. The molecule has 2 heterocycles. The summed E-state index contributed by atoms with van der Waals surface area (Å²) in [5.74, 6) is 0.397. The number of benzene rings is 1. The summed E-state index contributed by atoms with van der Waals surface area (Å²) in [6.07, 6.45) is 4.21. The molecule has 32 heavy (non-hydrogen) atoms. The van der Waals surface area contributed by atoms with Gasteiger partial charge in [0.25, 0.3) is 11.8 Å². The Hall–Kier alpha value is -3.39. The standard InChI is InChI=1S/C24H29N3O5/c1-5-26(13-10-17-8-11-25-12-9-17)22-21(23(28)27(24(22)29)14-15-30-2)18-6-7-19(31-3)20(16-18)32-4/h6-9,11-12,16H,5,10,13-15H2,1-4H3. The van der Waals surface area contributed by atoms with E-state index in [1.165, 1.54) is 12.0 Å². The minimum absolute atomic E-state index is 0.191. The molecule has 3 rings (SSSR count). The zero-order chi connectivity index (χ0) is 23.1. The first-order valence-corrected chi connectivity index (χ1v) is 10.5. The van der Waals surface area contributed by atoms with Crippen LogP contribution in [0.3, 0.4) is 0 Å². The van der Waals surface area contributed by atoms with E-state index in [2.05, 4.69) is 4.98 Å². The molecule has 0 N–H and O–H groups in total. The number of aromatic nitrogens is 1. The lowest BCUT2D eigenvalue weighted by Gasteiger charge is -2.25. The first-order valence-electron chi connectivity index (χ1n) is 10.5. The molecule has 8 heteroatoms. The zero-order valence-electron chi connectivity index (χ0n) is 19.0. The SMILES string of the molecule is CCN(CCc1ccncc1)C1=C(c2ccc(OC)c(OC)c2)C(=O)N(CCOC)C1=O. The monoisotopic (exact) mass is 439 g/mol. The molecule has 1 aliphatic heterocycles. The summed E-state index contributed by atoms with van der Waals surface area (Å²) in [6, 6.07) is 9.14. The second-order valence-electron chi connectivity index (χ2n) is 7.23. The van der Waals surface area contributed by atoms with Gasteiger partial charge in [0, 0.05) is 32.6 Å². The molecule has 0 unspecified atom stereocenters. The minimum atomic E-state index is -0.336.